The molecule has 0 unspecified atom stereocenters. The molecular weight excluding hydrogens is 180 g/mol. The van der Waals surface area contributed by atoms with E-state index in [2.05, 4.69) is 10.1 Å². The van der Waals surface area contributed by atoms with Crippen LogP contribution in [0.15, 0.2) is 29.5 Å². The first-order chi connectivity index (χ1) is 9.26. The van der Waals surface area contributed by atoms with Crippen molar-refractivity contribution in [3.05, 3.63) is 29.9 Å². The molecule has 0 spiro atoms. The average molecular weight is 196 g/mol. The first-order valence-electron chi connectivity index (χ1n) is 6.73. The van der Waals surface area contributed by atoms with Crippen molar-refractivity contribution in [1.82, 2.24) is 4.98 Å². The minimum absolute atomic E-state index is 0.116. The maximum absolute atomic E-state index is 8.59. The number of benzene rings is 1. The zero-order chi connectivity index (χ0) is 15.1. The molecule has 4 nitrogen and oxygen atoms in total. The van der Waals surface area contributed by atoms with Crippen LogP contribution in [0.4, 0.5) is 0 Å². The Hall–Kier alpha value is -1.97. The van der Waals surface area contributed by atoms with E-state index in [1.165, 1.54) is 6.20 Å². The molecule has 14 heavy (non-hydrogen) atoms. The van der Waals surface area contributed by atoms with Crippen LogP contribution in [0.1, 0.15) is 13.8 Å². The summed E-state index contributed by atoms with van der Waals surface area (Å²) in [7, 11) is -2.80. The van der Waals surface area contributed by atoms with Crippen LogP contribution in [-0.4, -0.2) is 23.4 Å². The van der Waals surface area contributed by atoms with E-state index in [4.69, 9.17) is 18.2 Å². The summed E-state index contributed by atoms with van der Waals surface area (Å²) in [5.41, 5.74) is 0.393. The summed E-state index contributed by atoms with van der Waals surface area (Å²) in [4.78, 5) is 2.68. The van der Waals surface area contributed by atoms with E-state index < -0.39 is 19.1 Å². The number of methoxy groups -OCH3 is 1. The predicted octanol–water partition coefficient (Wildman–Crippen LogP) is 1.98. The Morgan fingerprint density at radius 1 is 1.71 bits per heavy atom. The Balaban J connectivity index is 2.84. The van der Waals surface area contributed by atoms with Crippen LogP contribution < -0.4 is 4.74 Å². The third-order valence-electron chi connectivity index (χ3n) is 1.80. The van der Waals surface area contributed by atoms with Gasteiger partial charge < -0.3 is 14.9 Å². The Kier molecular flexibility index (Phi) is 0.985. The van der Waals surface area contributed by atoms with Gasteiger partial charge in [0, 0.05) is 17.3 Å². The van der Waals surface area contributed by atoms with E-state index in [0.717, 1.165) is 6.21 Å². The fourth-order valence-corrected chi connectivity index (χ4v) is 1.24. The van der Waals surface area contributed by atoms with E-state index in [1.54, 1.807) is 0 Å². The number of hydrogen-bond donors (Lipinski definition) is 2. The number of aromatic nitrogens is 1. The second-order valence-electron chi connectivity index (χ2n) is 2.54. The van der Waals surface area contributed by atoms with Gasteiger partial charge in [-0.15, -0.1) is 0 Å². The molecular formula is C10H10N2O2. The molecule has 0 saturated carbocycles. The van der Waals surface area contributed by atoms with Crippen molar-refractivity contribution in [2.45, 2.75) is 0 Å². The fourth-order valence-electron chi connectivity index (χ4n) is 1.24. The molecule has 0 saturated heterocycles. The average Bonchev–Trinajstić information content (AvgIpc) is 2.75. The van der Waals surface area contributed by atoms with Gasteiger partial charge in [0.15, 0.2) is 0 Å². The molecule has 2 N–H and O–H groups in total. The van der Waals surface area contributed by atoms with Gasteiger partial charge in [0.1, 0.15) is 5.75 Å². The van der Waals surface area contributed by atoms with Gasteiger partial charge >= 0.3 is 0 Å². The van der Waals surface area contributed by atoms with Crippen LogP contribution in [0.2, 0.25) is 0 Å². The lowest BCUT2D eigenvalue weighted by atomic mass is 10.1. The van der Waals surface area contributed by atoms with Gasteiger partial charge in [0.05, 0.1) is 26.9 Å². The van der Waals surface area contributed by atoms with Crippen molar-refractivity contribution in [1.29, 1.82) is 0 Å². The summed E-state index contributed by atoms with van der Waals surface area (Å²) in [5.74, 6) is -0.350. The van der Waals surface area contributed by atoms with Gasteiger partial charge in [-0.3, -0.25) is 0 Å². The first kappa shape index (κ1) is 4.04. The van der Waals surface area contributed by atoms with E-state index in [1.807, 2.05) is 0 Å². The van der Waals surface area contributed by atoms with E-state index in [0.29, 0.717) is 0 Å². The largest absolute Gasteiger partial charge is 0.496 e. The topological polar surface area (TPSA) is 57.6 Å². The Morgan fingerprint density at radius 3 is 3.43 bits per heavy atom. The Bertz CT molecular complexity index is 691. The highest BCUT2D eigenvalue weighted by molar-refractivity contribution is 6.02. The van der Waals surface area contributed by atoms with Crippen molar-refractivity contribution in [2.24, 2.45) is 5.16 Å². The van der Waals surface area contributed by atoms with Crippen molar-refractivity contribution in [3.63, 3.8) is 0 Å². The maximum atomic E-state index is 8.59. The van der Waals surface area contributed by atoms with E-state index >= 15 is 0 Å². The van der Waals surface area contributed by atoms with Crippen LogP contribution in [0.5, 0.6) is 5.75 Å². The molecule has 0 atom stereocenters. The summed E-state index contributed by atoms with van der Waals surface area (Å²) in [6, 6.07) is -1.22. The monoisotopic (exact) mass is 196 g/mol. The number of H-pyrrole nitrogens is 1. The molecule has 0 amide bonds. The van der Waals surface area contributed by atoms with Gasteiger partial charge in [0.25, 0.3) is 0 Å². The van der Waals surface area contributed by atoms with Crippen molar-refractivity contribution in [2.75, 3.05) is 7.04 Å². The molecule has 1 heterocycles. The summed E-state index contributed by atoms with van der Waals surface area (Å²) in [5, 5.41) is 11.5. The van der Waals surface area contributed by atoms with Crippen molar-refractivity contribution < 1.29 is 18.2 Å². The molecule has 0 aliphatic heterocycles. The summed E-state index contributed by atoms with van der Waals surface area (Å²) >= 11 is 0. The van der Waals surface area contributed by atoms with Crippen LogP contribution in [0, 0.1) is 0 Å². The standard InChI is InChI=1S/C10H10N2O2/c1-14-9-4-2-3-8-10(9)7(5-11-8)6-12-13/h2-6,11,13H,1H3/b12-6+/i1D3,2D,3D,4D. The van der Waals surface area contributed by atoms with Gasteiger partial charge in [-0.25, -0.2) is 0 Å². The van der Waals surface area contributed by atoms with Gasteiger partial charge in [0.2, 0.25) is 0 Å². The predicted molar refractivity (Wildman–Crippen MR) is 54.2 cm³/mol. The number of ether oxygens (including phenoxy) is 1. The zero-order valence-corrected chi connectivity index (χ0v) is 6.96. The maximum Gasteiger partial charge on any atom is 0.128 e. The molecule has 72 valence electrons. The number of oxime groups is 1. The second-order valence-corrected chi connectivity index (χ2v) is 2.54. The lowest BCUT2D eigenvalue weighted by molar-refractivity contribution is 0.322. The molecule has 2 rings (SSSR count). The number of nitrogens with zero attached hydrogens (tertiary/aromatic N) is 1. The fraction of sp³-hybridized carbons (Fsp3) is 0.100. The molecule has 0 radical (unpaired) electrons. The van der Waals surface area contributed by atoms with Crippen LogP contribution >= 0.6 is 0 Å². The van der Waals surface area contributed by atoms with Gasteiger partial charge in [-0.1, -0.05) is 11.2 Å². The molecule has 4 heteroatoms. The molecule has 1 aromatic heterocycles. The first-order valence-corrected chi connectivity index (χ1v) is 3.73. The zero-order valence-electron chi connectivity index (χ0n) is 13.0. The summed E-state index contributed by atoms with van der Waals surface area (Å²) in [6.07, 6.45) is 2.39. The van der Waals surface area contributed by atoms with Gasteiger partial charge in [-0.05, 0) is 12.1 Å². The van der Waals surface area contributed by atoms with Crippen molar-refractivity contribution in [3.8, 4) is 5.75 Å². The van der Waals surface area contributed by atoms with E-state index in [9.17, 15) is 0 Å². The van der Waals surface area contributed by atoms with Crippen LogP contribution in [-0.2, 0) is 0 Å². The number of hydrogen-bond acceptors (Lipinski definition) is 3. The highest BCUT2D eigenvalue weighted by atomic mass is 16.5. The second kappa shape index (κ2) is 3.41. The smallest absolute Gasteiger partial charge is 0.128 e. The lowest BCUT2D eigenvalue weighted by Crippen LogP contribution is -1.85. The van der Waals surface area contributed by atoms with Crippen LogP contribution in [0.3, 0.4) is 0 Å². The summed E-state index contributed by atoms with van der Waals surface area (Å²) < 4.78 is 49.3. The quantitative estimate of drug-likeness (QED) is 0.438. The molecule has 0 bridgehead atoms. The molecule has 0 aliphatic rings. The molecule has 0 fully saturated rings. The minimum Gasteiger partial charge on any atom is -0.496 e. The Morgan fingerprint density at radius 2 is 2.64 bits per heavy atom. The highest BCUT2D eigenvalue weighted by Crippen LogP contribution is 2.27. The number of nitrogens with one attached hydrogen (secondary N) is 1. The normalized spacial score (nSPS) is 18.3. The van der Waals surface area contributed by atoms with Gasteiger partial charge in [-0.2, -0.15) is 0 Å². The number of rotatable bonds is 2. The Labute approximate surface area is 89.2 Å². The number of aromatic amines is 1. The third-order valence-corrected chi connectivity index (χ3v) is 1.80. The highest BCUT2D eigenvalue weighted by Gasteiger charge is 2.06. The van der Waals surface area contributed by atoms with E-state index in [-0.39, 0.29) is 28.3 Å². The lowest BCUT2D eigenvalue weighted by Gasteiger charge is -2.01. The number of fused-ring (bicyclic) bond motifs is 1. The van der Waals surface area contributed by atoms with Crippen molar-refractivity contribution >= 4 is 17.1 Å². The third kappa shape index (κ3) is 1.21. The minimum atomic E-state index is -2.80. The molecule has 2 aromatic rings. The summed E-state index contributed by atoms with van der Waals surface area (Å²) in [6.45, 7) is 0. The van der Waals surface area contributed by atoms with Crippen LogP contribution in [0.25, 0.3) is 10.9 Å². The molecule has 1 aromatic carbocycles. The SMILES string of the molecule is [2H]c1c([2H])c(OC([2H])([2H])[2H])c2c(/C=N/O)c[nH]c2c1[2H]. The molecule has 0 aliphatic carbocycles.